The van der Waals surface area contributed by atoms with Gasteiger partial charge in [-0.1, -0.05) is 0 Å². The summed E-state index contributed by atoms with van der Waals surface area (Å²) in [7, 11) is 0. The SMILES string of the molecule is Cc1cc(Oc2ccnc(C(=O)O)c2)ccc1F. The van der Waals surface area contributed by atoms with Crippen LogP contribution in [0.1, 0.15) is 16.1 Å². The van der Waals surface area contributed by atoms with E-state index in [9.17, 15) is 9.18 Å². The van der Waals surface area contributed by atoms with Crippen LogP contribution in [0.15, 0.2) is 36.5 Å². The number of ether oxygens (including phenoxy) is 1. The molecular formula is C13H10FNO3. The molecule has 0 radical (unpaired) electrons. The quantitative estimate of drug-likeness (QED) is 0.905. The van der Waals surface area contributed by atoms with E-state index in [2.05, 4.69) is 4.98 Å². The fourth-order valence-corrected chi connectivity index (χ4v) is 1.41. The second kappa shape index (κ2) is 4.83. The van der Waals surface area contributed by atoms with Crippen LogP contribution < -0.4 is 4.74 Å². The molecule has 0 saturated carbocycles. The first-order valence-corrected chi connectivity index (χ1v) is 5.19. The minimum absolute atomic E-state index is 0.105. The average Bonchev–Trinajstić information content (AvgIpc) is 2.34. The number of aromatic nitrogens is 1. The van der Waals surface area contributed by atoms with E-state index < -0.39 is 5.97 Å². The zero-order chi connectivity index (χ0) is 13.1. The number of benzene rings is 1. The Labute approximate surface area is 103 Å². The molecule has 0 spiro atoms. The summed E-state index contributed by atoms with van der Waals surface area (Å²) in [4.78, 5) is 14.4. The van der Waals surface area contributed by atoms with Crippen LogP contribution in [0.3, 0.4) is 0 Å². The maximum atomic E-state index is 13.1. The van der Waals surface area contributed by atoms with Gasteiger partial charge in [0.05, 0.1) is 0 Å². The predicted octanol–water partition coefficient (Wildman–Crippen LogP) is 3.02. The number of nitrogens with zero attached hydrogens (tertiary/aromatic N) is 1. The number of aryl methyl sites for hydroxylation is 1. The maximum Gasteiger partial charge on any atom is 0.354 e. The van der Waals surface area contributed by atoms with Gasteiger partial charge in [0.1, 0.15) is 17.3 Å². The molecular weight excluding hydrogens is 237 g/mol. The van der Waals surface area contributed by atoms with Gasteiger partial charge in [0, 0.05) is 12.3 Å². The van der Waals surface area contributed by atoms with Gasteiger partial charge in [0.25, 0.3) is 0 Å². The molecule has 0 aliphatic rings. The first-order chi connectivity index (χ1) is 8.56. The Hall–Kier alpha value is -2.43. The fraction of sp³-hybridized carbons (Fsp3) is 0.0769. The number of halogens is 1. The Kier molecular flexibility index (Phi) is 3.23. The predicted molar refractivity (Wildman–Crippen MR) is 62.4 cm³/mol. The number of carboxylic acid groups (broad SMARTS) is 1. The number of rotatable bonds is 3. The van der Waals surface area contributed by atoms with Crippen LogP contribution in [0.5, 0.6) is 11.5 Å². The molecule has 0 fully saturated rings. The molecule has 2 aromatic rings. The van der Waals surface area contributed by atoms with Crippen LogP contribution >= 0.6 is 0 Å². The molecule has 92 valence electrons. The molecule has 0 atom stereocenters. The van der Waals surface area contributed by atoms with Crippen LogP contribution in [0.2, 0.25) is 0 Å². The van der Waals surface area contributed by atoms with Crippen molar-refractivity contribution in [1.29, 1.82) is 0 Å². The van der Waals surface area contributed by atoms with Crippen molar-refractivity contribution in [3.05, 3.63) is 53.6 Å². The number of aromatic carboxylic acids is 1. The van der Waals surface area contributed by atoms with E-state index in [4.69, 9.17) is 9.84 Å². The smallest absolute Gasteiger partial charge is 0.354 e. The lowest BCUT2D eigenvalue weighted by molar-refractivity contribution is 0.0690. The van der Waals surface area contributed by atoms with Gasteiger partial charge in [-0.15, -0.1) is 0 Å². The molecule has 0 aliphatic carbocycles. The van der Waals surface area contributed by atoms with Gasteiger partial charge in [-0.25, -0.2) is 14.2 Å². The molecule has 0 bridgehead atoms. The summed E-state index contributed by atoms with van der Waals surface area (Å²) in [6.07, 6.45) is 1.34. The molecule has 1 aromatic carbocycles. The van der Waals surface area contributed by atoms with Gasteiger partial charge in [-0.3, -0.25) is 0 Å². The highest BCUT2D eigenvalue weighted by atomic mass is 19.1. The van der Waals surface area contributed by atoms with Gasteiger partial charge < -0.3 is 9.84 Å². The molecule has 0 aliphatic heterocycles. The van der Waals surface area contributed by atoms with Crippen LogP contribution in [0, 0.1) is 12.7 Å². The second-order valence-electron chi connectivity index (χ2n) is 3.69. The minimum Gasteiger partial charge on any atom is -0.477 e. The molecule has 1 heterocycles. The molecule has 5 heteroatoms. The van der Waals surface area contributed by atoms with Crippen LogP contribution in [-0.2, 0) is 0 Å². The highest BCUT2D eigenvalue weighted by Crippen LogP contribution is 2.23. The van der Waals surface area contributed by atoms with Crippen LogP contribution in [0.25, 0.3) is 0 Å². The summed E-state index contributed by atoms with van der Waals surface area (Å²) in [6, 6.07) is 7.15. The lowest BCUT2D eigenvalue weighted by Gasteiger charge is -2.07. The molecule has 18 heavy (non-hydrogen) atoms. The van der Waals surface area contributed by atoms with Crippen molar-refractivity contribution in [2.75, 3.05) is 0 Å². The third-order valence-corrected chi connectivity index (χ3v) is 2.32. The number of hydrogen-bond acceptors (Lipinski definition) is 3. The second-order valence-corrected chi connectivity index (χ2v) is 3.69. The van der Waals surface area contributed by atoms with Crippen molar-refractivity contribution >= 4 is 5.97 Å². The van der Waals surface area contributed by atoms with Crippen molar-refractivity contribution in [2.45, 2.75) is 6.92 Å². The highest BCUT2D eigenvalue weighted by Gasteiger charge is 2.07. The third kappa shape index (κ3) is 2.63. The van der Waals surface area contributed by atoms with E-state index in [-0.39, 0.29) is 11.5 Å². The van der Waals surface area contributed by atoms with E-state index in [0.717, 1.165) is 0 Å². The highest BCUT2D eigenvalue weighted by molar-refractivity contribution is 5.85. The molecule has 0 amide bonds. The van der Waals surface area contributed by atoms with E-state index in [1.165, 1.54) is 36.5 Å². The fourth-order valence-electron chi connectivity index (χ4n) is 1.41. The first-order valence-electron chi connectivity index (χ1n) is 5.19. The molecule has 1 N–H and O–H groups in total. The normalized spacial score (nSPS) is 10.1. The van der Waals surface area contributed by atoms with Crippen molar-refractivity contribution in [2.24, 2.45) is 0 Å². The van der Waals surface area contributed by atoms with E-state index >= 15 is 0 Å². The van der Waals surface area contributed by atoms with E-state index in [1.54, 1.807) is 6.92 Å². The minimum atomic E-state index is -1.13. The standard InChI is InChI=1S/C13H10FNO3/c1-8-6-9(2-3-11(8)14)18-10-4-5-15-12(7-10)13(16)17/h2-7H,1H3,(H,16,17). The summed E-state index contributed by atoms with van der Waals surface area (Å²) < 4.78 is 18.5. The summed E-state index contributed by atoms with van der Waals surface area (Å²) in [5.41, 5.74) is 0.353. The van der Waals surface area contributed by atoms with Crippen molar-refractivity contribution in [3.8, 4) is 11.5 Å². The number of pyridine rings is 1. The number of carboxylic acids is 1. The molecule has 0 saturated heterocycles. The summed E-state index contributed by atoms with van der Waals surface area (Å²) in [5, 5.41) is 8.79. The number of hydrogen-bond donors (Lipinski definition) is 1. The van der Waals surface area contributed by atoms with Crippen molar-refractivity contribution < 1.29 is 19.0 Å². The summed E-state index contributed by atoms with van der Waals surface area (Å²) >= 11 is 0. The van der Waals surface area contributed by atoms with E-state index in [1.807, 2.05) is 0 Å². The Bertz CT molecular complexity index is 599. The van der Waals surface area contributed by atoms with E-state index in [0.29, 0.717) is 17.1 Å². The monoisotopic (exact) mass is 247 g/mol. The lowest BCUT2D eigenvalue weighted by atomic mass is 10.2. The Balaban J connectivity index is 2.25. The lowest BCUT2D eigenvalue weighted by Crippen LogP contribution is -1.99. The van der Waals surface area contributed by atoms with Gasteiger partial charge >= 0.3 is 5.97 Å². The third-order valence-electron chi connectivity index (χ3n) is 2.32. The Morgan fingerprint density at radius 2 is 2.00 bits per heavy atom. The van der Waals surface area contributed by atoms with Crippen molar-refractivity contribution in [3.63, 3.8) is 0 Å². The molecule has 4 nitrogen and oxygen atoms in total. The number of carbonyl (C=O) groups is 1. The molecule has 0 unspecified atom stereocenters. The van der Waals surface area contributed by atoms with Crippen molar-refractivity contribution in [1.82, 2.24) is 4.98 Å². The average molecular weight is 247 g/mol. The zero-order valence-electron chi connectivity index (χ0n) is 9.55. The molecule has 1 aromatic heterocycles. The van der Waals surface area contributed by atoms with Gasteiger partial charge in [0.15, 0.2) is 5.69 Å². The topological polar surface area (TPSA) is 59.4 Å². The largest absolute Gasteiger partial charge is 0.477 e. The summed E-state index contributed by atoms with van der Waals surface area (Å²) in [6.45, 7) is 1.62. The Morgan fingerprint density at radius 3 is 2.67 bits per heavy atom. The van der Waals surface area contributed by atoms with Gasteiger partial charge in [-0.05, 0) is 36.8 Å². The van der Waals surface area contributed by atoms with Gasteiger partial charge in [-0.2, -0.15) is 0 Å². The zero-order valence-corrected chi connectivity index (χ0v) is 9.55. The molecule has 2 rings (SSSR count). The van der Waals surface area contributed by atoms with Crippen LogP contribution in [0.4, 0.5) is 4.39 Å². The summed E-state index contributed by atoms with van der Waals surface area (Å²) in [5.74, 6) is -0.663. The maximum absolute atomic E-state index is 13.1. The Morgan fingerprint density at radius 1 is 1.28 bits per heavy atom. The first kappa shape index (κ1) is 12.0. The van der Waals surface area contributed by atoms with Gasteiger partial charge in [0.2, 0.25) is 0 Å². The van der Waals surface area contributed by atoms with Crippen LogP contribution in [-0.4, -0.2) is 16.1 Å².